The molecular formula is C13H25N3O. The predicted octanol–water partition coefficient (Wildman–Crippen LogP) is 2.91. The van der Waals surface area contributed by atoms with Crippen molar-refractivity contribution in [2.75, 3.05) is 7.11 Å². The topological polar surface area (TPSA) is 53.1 Å². The second-order valence-electron chi connectivity index (χ2n) is 5.21. The summed E-state index contributed by atoms with van der Waals surface area (Å²) in [4.78, 5) is 0. The highest BCUT2D eigenvalue weighted by atomic mass is 16.5. The van der Waals surface area contributed by atoms with E-state index < -0.39 is 0 Å². The number of ether oxygens (including phenoxy) is 1. The summed E-state index contributed by atoms with van der Waals surface area (Å²) in [5, 5.41) is 4.35. The van der Waals surface area contributed by atoms with E-state index in [1.807, 2.05) is 4.68 Å². The maximum Gasteiger partial charge on any atom is 0.161 e. The van der Waals surface area contributed by atoms with E-state index in [1.54, 1.807) is 13.3 Å². The molecule has 98 valence electrons. The Balaban J connectivity index is 2.89. The molecule has 0 saturated carbocycles. The first kappa shape index (κ1) is 14.0. The van der Waals surface area contributed by atoms with E-state index in [0.717, 1.165) is 24.3 Å². The molecule has 0 aliphatic carbocycles. The van der Waals surface area contributed by atoms with Gasteiger partial charge in [0, 0.05) is 6.04 Å². The first-order valence-electron chi connectivity index (χ1n) is 6.34. The van der Waals surface area contributed by atoms with Gasteiger partial charge in [0.1, 0.15) is 0 Å². The van der Waals surface area contributed by atoms with Crippen LogP contribution in [0.2, 0.25) is 0 Å². The monoisotopic (exact) mass is 239 g/mol. The number of hydrogen-bond acceptors (Lipinski definition) is 3. The molecule has 0 saturated heterocycles. The Kier molecular flexibility index (Phi) is 5.00. The Bertz CT molecular complexity index is 344. The molecule has 1 unspecified atom stereocenters. The van der Waals surface area contributed by atoms with Gasteiger partial charge in [-0.3, -0.25) is 4.68 Å². The van der Waals surface area contributed by atoms with E-state index in [4.69, 9.17) is 10.5 Å². The quantitative estimate of drug-likeness (QED) is 0.830. The van der Waals surface area contributed by atoms with Crippen molar-refractivity contribution in [1.82, 2.24) is 9.78 Å². The van der Waals surface area contributed by atoms with Gasteiger partial charge in [0.15, 0.2) is 5.75 Å². The van der Waals surface area contributed by atoms with Gasteiger partial charge < -0.3 is 10.5 Å². The van der Waals surface area contributed by atoms with E-state index in [2.05, 4.69) is 32.8 Å². The van der Waals surface area contributed by atoms with E-state index in [9.17, 15) is 0 Å². The molecular weight excluding hydrogens is 214 g/mol. The summed E-state index contributed by atoms with van der Waals surface area (Å²) < 4.78 is 7.30. The lowest BCUT2D eigenvalue weighted by molar-refractivity contribution is 0.388. The number of rotatable bonds is 6. The van der Waals surface area contributed by atoms with Gasteiger partial charge in [0.2, 0.25) is 0 Å². The highest BCUT2D eigenvalue weighted by Gasteiger charge is 2.20. The van der Waals surface area contributed by atoms with Crippen LogP contribution in [0.25, 0.3) is 0 Å². The number of methoxy groups -OCH3 is 1. The SMILES string of the molecule is COc1cnn(C(C)C)c1C(N)CCC(C)C. The Morgan fingerprint density at radius 1 is 1.29 bits per heavy atom. The van der Waals surface area contributed by atoms with Crippen LogP contribution in [0, 0.1) is 5.92 Å². The fourth-order valence-corrected chi connectivity index (χ4v) is 1.93. The lowest BCUT2D eigenvalue weighted by atomic mass is 10.0. The van der Waals surface area contributed by atoms with Crippen molar-refractivity contribution in [2.24, 2.45) is 11.7 Å². The van der Waals surface area contributed by atoms with Crippen molar-refractivity contribution < 1.29 is 4.74 Å². The van der Waals surface area contributed by atoms with Crippen molar-refractivity contribution in [3.05, 3.63) is 11.9 Å². The summed E-state index contributed by atoms with van der Waals surface area (Å²) in [5.74, 6) is 1.47. The van der Waals surface area contributed by atoms with Crippen molar-refractivity contribution in [1.29, 1.82) is 0 Å². The molecule has 1 atom stereocenters. The molecule has 2 N–H and O–H groups in total. The smallest absolute Gasteiger partial charge is 0.161 e. The van der Waals surface area contributed by atoms with Crippen LogP contribution >= 0.6 is 0 Å². The Hall–Kier alpha value is -1.03. The molecule has 1 rings (SSSR count). The summed E-state index contributed by atoms with van der Waals surface area (Å²) in [6.45, 7) is 8.63. The van der Waals surface area contributed by atoms with Crippen molar-refractivity contribution >= 4 is 0 Å². The van der Waals surface area contributed by atoms with Crippen LogP contribution in [0.4, 0.5) is 0 Å². The Morgan fingerprint density at radius 3 is 2.41 bits per heavy atom. The third-order valence-corrected chi connectivity index (χ3v) is 2.91. The third-order valence-electron chi connectivity index (χ3n) is 2.91. The van der Waals surface area contributed by atoms with Crippen LogP contribution in [-0.4, -0.2) is 16.9 Å². The standard InChI is InChI=1S/C13H25N3O/c1-9(2)6-7-11(14)13-12(17-5)8-15-16(13)10(3)4/h8-11H,6-7,14H2,1-5H3. The maximum absolute atomic E-state index is 6.26. The molecule has 0 aliphatic heterocycles. The zero-order chi connectivity index (χ0) is 13.0. The minimum atomic E-state index is -0.00255. The Labute approximate surface area is 104 Å². The number of nitrogens with two attached hydrogens (primary N) is 1. The van der Waals surface area contributed by atoms with E-state index in [1.165, 1.54) is 0 Å². The molecule has 1 aromatic rings. The van der Waals surface area contributed by atoms with Crippen LogP contribution in [0.15, 0.2) is 6.20 Å². The van der Waals surface area contributed by atoms with Crippen molar-refractivity contribution in [3.63, 3.8) is 0 Å². The summed E-state index contributed by atoms with van der Waals surface area (Å²) in [7, 11) is 1.67. The van der Waals surface area contributed by atoms with Gasteiger partial charge in [-0.25, -0.2) is 0 Å². The predicted molar refractivity (Wildman–Crippen MR) is 70.2 cm³/mol. The van der Waals surface area contributed by atoms with E-state index in [-0.39, 0.29) is 6.04 Å². The molecule has 0 aromatic carbocycles. The third kappa shape index (κ3) is 3.46. The molecule has 0 spiro atoms. The summed E-state index contributed by atoms with van der Waals surface area (Å²) in [5.41, 5.74) is 7.28. The average molecular weight is 239 g/mol. The van der Waals surface area contributed by atoms with Gasteiger partial charge in [-0.05, 0) is 32.6 Å². The zero-order valence-electron chi connectivity index (χ0n) is 11.6. The molecule has 0 aliphatic rings. The molecule has 4 nitrogen and oxygen atoms in total. The molecule has 0 radical (unpaired) electrons. The minimum Gasteiger partial charge on any atom is -0.493 e. The van der Waals surface area contributed by atoms with E-state index in [0.29, 0.717) is 12.0 Å². The average Bonchev–Trinajstić information content (AvgIpc) is 2.69. The molecule has 4 heteroatoms. The molecule has 0 amide bonds. The zero-order valence-corrected chi connectivity index (χ0v) is 11.6. The summed E-state index contributed by atoms with van der Waals surface area (Å²) >= 11 is 0. The normalized spacial score (nSPS) is 13.4. The lowest BCUT2D eigenvalue weighted by Gasteiger charge is -2.18. The maximum atomic E-state index is 6.26. The first-order chi connectivity index (χ1) is 7.97. The molecule has 17 heavy (non-hydrogen) atoms. The van der Waals surface area contributed by atoms with Crippen LogP contribution < -0.4 is 10.5 Å². The highest BCUT2D eigenvalue weighted by molar-refractivity contribution is 5.28. The van der Waals surface area contributed by atoms with Crippen LogP contribution in [0.1, 0.15) is 58.3 Å². The van der Waals surface area contributed by atoms with Crippen molar-refractivity contribution in [2.45, 2.75) is 52.6 Å². The van der Waals surface area contributed by atoms with Gasteiger partial charge in [-0.15, -0.1) is 0 Å². The summed E-state index contributed by atoms with van der Waals surface area (Å²) in [6.07, 6.45) is 3.84. The highest BCUT2D eigenvalue weighted by Crippen LogP contribution is 2.29. The lowest BCUT2D eigenvalue weighted by Crippen LogP contribution is -2.19. The largest absolute Gasteiger partial charge is 0.493 e. The van der Waals surface area contributed by atoms with Gasteiger partial charge in [-0.2, -0.15) is 5.10 Å². The minimum absolute atomic E-state index is 0.00255. The fourth-order valence-electron chi connectivity index (χ4n) is 1.93. The number of nitrogens with zero attached hydrogens (tertiary/aromatic N) is 2. The van der Waals surface area contributed by atoms with Gasteiger partial charge in [-0.1, -0.05) is 13.8 Å². The fraction of sp³-hybridized carbons (Fsp3) is 0.769. The van der Waals surface area contributed by atoms with E-state index >= 15 is 0 Å². The van der Waals surface area contributed by atoms with Gasteiger partial charge in [0.25, 0.3) is 0 Å². The number of aromatic nitrogens is 2. The molecule has 0 bridgehead atoms. The second kappa shape index (κ2) is 6.05. The molecule has 1 heterocycles. The molecule has 1 aromatic heterocycles. The number of hydrogen-bond donors (Lipinski definition) is 1. The second-order valence-corrected chi connectivity index (χ2v) is 5.21. The first-order valence-corrected chi connectivity index (χ1v) is 6.34. The van der Waals surface area contributed by atoms with Gasteiger partial charge in [0.05, 0.1) is 25.0 Å². The Morgan fingerprint density at radius 2 is 1.94 bits per heavy atom. The van der Waals surface area contributed by atoms with Crippen molar-refractivity contribution in [3.8, 4) is 5.75 Å². The molecule has 0 fully saturated rings. The van der Waals surface area contributed by atoms with Crippen LogP contribution in [0.5, 0.6) is 5.75 Å². The summed E-state index contributed by atoms with van der Waals surface area (Å²) in [6, 6.07) is 0.302. The van der Waals surface area contributed by atoms with Crippen LogP contribution in [0.3, 0.4) is 0 Å². The van der Waals surface area contributed by atoms with Crippen LogP contribution in [-0.2, 0) is 0 Å². The van der Waals surface area contributed by atoms with Gasteiger partial charge >= 0.3 is 0 Å².